The summed E-state index contributed by atoms with van der Waals surface area (Å²) in [5, 5.41) is 8.36. The lowest BCUT2D eigenvalue weighted by Crippen LogP contribution is -2.22. The summed E-state index contributed by atoms with van der Waals surface area (Å²) in [6.07, 6.45) is 0.277. The number of carbonyl (C=O) groups excluding carboxylic acids is 4. The van der Waals surface area contributed by atoms with Gasteiger partial charge >= 0.3 is 0 Å². The Bertz CT molecular complexity index is 1460. The van der Waals surface area contributed by atoms with E-state index >= 15 is 0 Å². The molecule has 196 valence electrons. The molecule has 7 nitrogen and oxygen atoms in total. The molecule has 0 bridgehead atoms. The smallest absolute Gasteiger partial charge is 0.257 e. The Hall–Kier alpha value is -2.81. The molecule has 3 aromatic carbocycles. The van der Waals surface area contributed by atoms with Gasteiger partial charge in [0.2, 0.25) is 12.3 Å². The first-order chi connectivity index (χ1) is 17.9. The Kier molecular flexibility index (Phi) is 8.26. The van der Waals surface area contributed by atoms with E-state index in [1.807, 2.05) is 0 Å². The molecular formula is C26H18Cl5N3O4. The van der Waals surface area contributed by atoms with Crippen LogP contribution in [-0.2, 0) is 9.59 Å². The van der Waals surface area contributed by atoms with E-state index in [4.69, 9.17) is 58.0 Å². The summed E-state index contributed by atoms with van der Waals surface area (Å²) in [5.74, 6) is -2.99. The van der Waals surface area contributed by atoms with Crippen molar-refractivity contribution in [1.29, 1.82) is 0 Å². The summed E-state index contributed by atoms with van der Waals surface area (Å²) < 4.78 is -1.37. The van der Waals surface area contributed by atoms with Gasteiger partial charge in [0, 0.05) is 32.9 Å². The van der Waals surface area contributed by atoms with Gasteiger partial charge in [0.1, 0.15) is 4.33 Å². The highest BCUT2D eigenvalue weighted by Gasteiger charge is 2.67. The first kappa shape index (κ1) is 28.2. The van der Waals surface area contributed by atoms with E-state index in [-0.39, 0.29) is 22.6 Å². The standard InChI is InChI=1S/C26H18Cl5N3O4/c1-12-2-3-16(9-18(12)23(36)32-11-35)33-24(37)19-10-17(4-5-20(19)29)34-25(38)22-21(26(22,30)31)13-6-14(27)8-15(28)7-13/h2-11,21-22H,1H3,(H,33,37)(H,34,38)(H,32,35,36). The van der Waals surface area contributed by atoms with Gasteiger partial charge in [-0.15, -0.1) is 23.2 Å². The first-order valence-corrected chi connectivity index (χ1v) is 12.9. The van der Waals surface area contributed by atoms with Gasteiger partial charge < -0.3 is 10.6 Å². The maximum Gasteiger partial charge on any atom is 0.257 e. The number of carbonyl (C=O) groups is 4. The number of amides is 4. The van der Waals surface area contributed by atoms with Crippen LogP contribution < -0.4 is 16.0 Å². The van der Waals surface area contributed by atoms with Crippen molar-refractivity contribution < 1.29 is 19.2 Å². The van der Waals surface area contributed by atoms with Gasteiger partial charge in [-0.25, -0.2) is 0 Å². The zero-order valence-corrected chi connectivity index (χ0v) is 23.2. The van der Waals surface area contributed by atoms with Crippen molar-refractivity contribution in [3.05, 3.63) is 91.9 Å². The minimum absolute atomic E-state index is 0.0703. The molecule has 0 spiro atoms. The molecule has 3 aromatic rings. The molecule has 4 amide bonds. The molecule has 3 N–H and O–H groups in total. The Morgan fingerprint density at radius 2 is 1.42 bits per heavy atom. The normalized spacial score (nSPS) is 17.3. The summed E-state index contributed by atoms with van der Waals surface area (Å²) in [4.78, 5) is 48.7. The molecule has 2 atom stereocenters. The van der Waals surface area contributed by atoms with E-state index < -0.39 is 33.9 Å². The number of hydrogen-bond donors (Lipinski definition) is 3. The molecule has 1 aliphatic rings. The zero-order chi connectivity index (χ0) is 27.8. The van der Waals surface area contributed by atoms with Gasteiger partial charge in [0.25, 0.3) is 11.8 Å². The second-order valence-electron chi connectivity index (χ2n) is 8.59. The number of benzene rings is 3. The van der Waals surface area contributed by atoms with Crippen LogP contribution in [0, 0.1) is 12.8 Å². The van der Waals surface area contributed by atoms with Gasteiger partial charge in [-0.2, -0.15) is 0 Å². The number of aryl methyl sites for hydroxylation is 1. The van der Waals surface area contributed by atoms with E-state index in [0.717, 1.165) is 0 Å². The van der Waals surface area contributed by atoms with Crippen LogP contribution in [0.15, 0.2) is 54.6 Å². The summed E-state index contributed by atoms with van der Waals surface area (Å²) in [5.41, 5.74) is 2.12. The van der Waals surface area contributed by atoms with Crippen LogP contribution in [0.1, 0.15) is 37.8 Å². The highest BCUT2D eigenvalue weighted by atomic mass is 35.5. The second kappa shape index (κ2) is 11.1. The van der Waals surface area contributed by atoms with E-state index in [9.17, 15) is 19.2 Å². The number of halogens is 5. The van der Waals surface area contributed by atoms with Crippen molar-refractivity contribution in [2.24, 2.45) is 5.92 Å². The number of anilines is 2. The Morgan fingerprint density at radius 1 is 0.816 bits per heavy atom. The largest absolute Gasteiger partial charge is 0.326 e. The van der Waals surface area contributed by atoms with Gasteiger partial charge in [-0.1, -0.05) is 40.9 Å². The van der Waals surface area contributed by atoms with Crippen molar-refractivity contribution in [1.82, 2.24) is 5.32 Å². The van der Waals surface area contributed by atoms with E-state index in [2.05, 4.69) is 16.0 Å². The van der Waals surface area contributed by atoms with E-state index in [1.165, 1.54) is 24.3 Å². The molecule has 2 unspecified atom stereocenters. The third-order valence-electron chi connectivity index (χ3n) is 5.99. The molecule has 1 fully saturated rings. The quantitative estimate of drug-likeness (QED) is 0.206. The third-order valence-corrected chi connectivity index (χ3v) is 7.70. The number of nitrogens with one attached hydrogen (secondary N) is 3. The predicted octanol–water partition coefficient (Wildman–Crippen LogP) is 6.62. The van der Waals surface area contributed by atoms with Crippen LogP contribution in [-0.4, -0.2) is 28.5 Å². The lowest BCUT2D eigenvalue weighted by molar-refractivity contribution is -0.117. The monoisotopic (exact) mass is 611 g/mol. The van der Waals surface area contributed by atoms with Gasteiger partial charge in [0.05, 0.1) is 16.5 Å². The van der Waals surface area contributed by atoms with Crippen LogP contribution in [0.3, 0.4) is 0 Å². The van der Waals surface area contributed by atoms with Crippen LogP contribution in [0.4, 0.5) is 11.4 Å². The first-order valence-electron chi connectivity index (χ1n) is 11.0. The van der Waals surface area contributed by atoms with Gasteiger partial charge in [0.15, 0.2) is 0 Å². The van der Waals surface area contributed by atoms with E-state index in [1.54, 1.807) is 37.3 Å². The van der Waals surface area contributed by atoms with E-state index in [0.29, 0.717) is 32.5 Å². The summed E-state index contributed by atoms with van der Waals surface area (Å²) in [6.45, 7) is 1.69. The molecule has 1 aliphatic carbocycles. The molecular weight excluding hydrogens is 596 g/mol. The average Bonchev–Trinajstić information content (AvgIpc) is 3.43. The lowest BCUT2D eigenvalue weighted by atomic mass is 10.1. The van der Waals surface area contributed by atoms with Gasteiger partial charge in [-0.05, 0) is 66.6 Å². The Morgan fingerprint density at radius 3 is 2.08 bits per heavy atom. The minimum Gasteiger partial charge on any atom is -0.326 e. The van der Waals surface area contributed by atoms with Crippen LogP contribution in [0.25, 0.3) is 0 Å². The summed E-state index contributed by atoms with van der Waals surface area (Å²) in [6, 6.07) is 13.9. The molecule has 0 saturated heterocycles. The maximum atomic E-state index is 13.0. The maximum absolute atomic E-state index is 13.0. The second-order valence-corrected chi connectivity index (χ2v) is 11.3. The fraction of sp³-hybridized carbons (Fsp3) is 0.154. The molecule has 0 aromatic heterocycles. The number of imide groups is 1. The van der Waals surface area contributed by atoms with Crippen molar-refractivity contribution in [3.8, 4) is 0 Å². The van der Waals surface area contributed by atoms with Crippen LogP contribution in [0.2, 0.25) is 15.1 Å². The third kappa shape index (κ3) is 5.92. The Balaban J connectivity index is 1.51. The Labute approximate surface area is 242 Å². The van der Waals surface area contributed by atoms with Crippen molar-refractivity contribution in [2.75, 3.05) is 10.6 Å². The molecule has 0 radical (unpaired) electrons. The predicted molar refractivity (Wildman–Crippen MR) is 150 cm³/mol. The minimum atomic E-state index is -1.37. The SMILES string of the molecule is Cc1ccc(NC(=O)c2cc(NC(=O)C3C(c4cc(Cl)cc(Cl)c4)C3(Cl)Cl)ccc2Cl)cc1C(=O)NC=O. The fourth-order valence-electron chi connectivity index (χ4n) is 4.09. The molecule has 0 heterocycles. The van der Waals surface area contributed by atoms with Crippen molar-refractivity contribution in [3.63, 3.8) is 0 Å². The highest BCUT2D eigenvalue weighted by Crippen LogP contribution is 2.65. The van der Waals surface area contributed by atoms with Gasteiger partial charge in [-0.3, -0.25) is 24.5 Å². The topological polar surface area (TPSA) is 104 Å². The number of alkyl halides is 2. The fourth-order valence-corrected chi connectivity index (χ4v) is 5.67. The molecule has 38 heavy (non-hydrogen) atoms. The lowest BCUT2D eigenvalue weighted by Gasteiger charge is -2.12. The van der Waals surface area contributed by atoms with Crippen molar-refractivity contribution in [2.45, 2.75) is 17.2 Å². The number of rotatable bonds is 7. The summed E-state index contributed by atoms with van der Waals surface area (Å²) in [7, 11) is 0. The molecule has 12 heteroatoms. The molecule has 4 rings (SSSR count). The van der Waals surface area contributed by atoms with Crippen LogP contribution in [0.5, 0.6) is 0 Å². The van der Waals surface area contributed by atoms with Crippen LogP contribution >= 0.6 is 58.0 Å². The van der Waals surface area contributed by atoms with Crippen molar-refractivity contribution >= 4 is 93.5 Å². The summed E-state index contributed by atoms with van der Waals surface area (Å²) >= 11 is 31.3. The zero-order valence-electron chi connectivity index (χ0n) is 19.5. The molecule has 1 saturated carbocycles. The number of hydrogen-bond acceptors (Lipinski definition) is 4. The highest BCUT2D eigenvalue weighted by molar-refractivity contribution is 6.53. The average molecular weight is 614 g/mol. The molecule has 0 aliphatic heterocycles.